The lowest BCUT2D eigenvalue weighted by molar-refractivity contribution is 0.699. The molecular formula is C18H17BrN4OS. The molecule has 2 heterocycles. The number of anilines is 1. The predicted molar refractivity (Wildman–Crippen MR) is 107 cm³/mol. The topological polar surface area (TPSA) is 59.3 Å². The molecule has 3 aromatic rings. The Hall–Kier alpha value is -1.99. The van der Waals surface area contributed by atoms with Gasteiger partial charge in [0.15, 0.2) is 0 Å². The van der Waals surface area contributed by atoms with Crippen molar-refractivity contribution in [2.45, 2.75) is 25.7 Å². The van der Waals surface area contributed by atoms with E-state index in [-0.39, 0.29) is 5.56 Å². The maximum Gasteiger partial charge on any atom is 0.284 e. The molecule has 25 heavy (non-hydrogen) atoms. The number of rotatable bonds is 3. The average Bonchev–Trinajstić information content (AvgIpc) is 3.00. The van der Waals surface area contributed by atoms with Crippen LogP contribution in [0.1, 0.15) is 28.8 Å². The molecule has 128 valence electrons. The second-order valence-electron chi connectivity index (χ2n) is 5.99. The third-order valence-corrected chi connectivity index (χ3v) is 6.10. The molecule has 5 nitrogen and oxygen atoms in total. The van der Waals surface area contributed by atoms with Gasteiger partial charge in [0.1, 0.15) is 4.83 Å². The third-order valence-electron chi connectivity index (χ3n) is 4.38. The summed E-state index contributed by atoms with van der Waals surface area (Å²) in [4.78, 5) is 19.8. The van der Waals surface area contributed by atoms with E-state index in [0.29, 0.717) is 5.95 Å². The SMILES string of the molecule is CNc1nc2sc3c(c2c(=O)n1/N=C/c1ccc(Br)cc1)CCCC3. The maximum atomic E-state index is 13.1. The van der Waals surface area contributed by atoms with Crippen LogP contribution >= 0.6 is 27.3 Å². The summed E-state index contributed by atoms with van der Waals surface area (Å²) in [6.07, 6.45) is 6.01. The molecule has 0 spiro atoms. The molecule has 0 unspecified atom stereocenters. The molecule has 2 aromatic heterocycles. The lowest BCUT2D eigenvalue weighted by atomic mass is 9.97. The summed E-state index contributed by atoms with van der Waals surface area (Å²) in [6, 6.07) is 7.77. The summed E-state index contributed by atoms with van der Waals surface area (Å²) in [7, 11) is 1.76. The van der Waals surface area contributed by atoms with Gasteiger partial charge in [-0.1, -0.05) is 28.1 Å². The van der Waals surface area contributed by atoms with Crippen LogP contribution < -0.4 is 10.9 Å². The van der Waals surface area contributed by atoms with Crippen LogP contribution in [0, 0.1) is 0 Å². The van der Waals surface area contributed by atoms with Crippen LogP contribution in [0.4, 0.5) is 5.95 Å². The van der Waals surface area contributed by atoms with E-state index >= 15 is 0 Å². The third kappa shape index (κ3) is 3.02. The minimum absolute atomic E-state index is 0.0953. The van der Waals surface area contributed by atoms with E-state index in [1.54, 1.807) is 24.6 Å². The zero-order valence-electron chi connectivity index (χ0n) is 13.8. The highest BCUT2D eigenvalue weighted by molar-refractivity contribution is 9.10. The molecule has 1 aliphatic rings. The molecule has 0 saturated carbocycles. The van der Waals surface area contributed by atoms with Crippen molar-refractivity contribution >= 4 is 49.6 Å². The second-order valence-corrected chi connectivity index (χ2v) is 7.99. The van der Waals surface area contributed by atoms with Gasteiger partial charge >= 0.3 is 0 Å². The van der Waals surface area contributed by atoms with Crippen LogP contribution in [-0.2, 0) is 12.8 Å². The highest BCUT2D eigenvalue weighted by Crippen LogP contribution is 2.34. The molecule has 0 saturated heterocycles. The van der Waals surface area contributed by atoms with Crippen LogP contribution in [0.5, 0.6) is 0 Å². The van der Waals surface area contributed by atoms with Crippen LogP contribution in [-0.4, -0.2) is 22.9 Å². The van der Waals surface area contributed by atoms with Gasteiger partial charge in [0.25, 0.3) is 5.56 Å². The highest BCUT2D eigenvalue weighted by Gasteiger charge is 2.21. The number of nitrogens with zero attached hydrogens (tertiary/aromatic N) is 3. The Kier molecular flexibility index (Phi) is 4.43. The Balaban J connectivity index is 1.86. The summed E-state index contributed by atoms with van der Waals surface area (Å²) < 4.78 is 2.37. The Morgan fingerprint density at radius 1 is 1.28 bits per heavy atom. The summed E-state index contributed by atoms with van der Waals surface area (Å²) >= 11 is 5.06. The fourth-order valence-corrected chi connectivity index (χ4v) is 4.65. The van der Waals surface area contributed by atoms with Crippen molar-refractivity contribution in [3.8, 4) is 0 Å². The molecule has 1 N–H and O–H groups in total. The van der Waals surface area contributed by atoms with Crippen LogP contribution in [0.15, 0.2) is 38.6 Å². The van der Waals surface area contributed by atoms with Crippen LogP contribution in [0.25, 0.3) is 10.2 Å². The molecule has 0 amide bonds. The van der Waals surface area contributed by atoms with Gasteiger partial charge in [0.2, 0.25) is 5.95 Å². The maximum absolute atomic E-state index is 13.1. The van der Waals surface area contributed by atoms with E-state index in [1.807, 2.05) is 24.3 Å². The van der Waals surface area contributed by atoms with E-state index in [4.69, 9.17) is 0 Å². The molecule has 0 fully saturated rings. The Bertz CT molecular complexity index is 1020. The molecule has 0 aliphatic heterocycles. The number of halogens is 1. The number of aromatic nitrogens is 2. The zero-order chi connectivity index (χ0) is 17.4. The van der Waals surface area contributed by atoms with Crippen molar-refractivity contribution in [1.82, 2.24) is 9.66 Å². The van der Waals surface area contributed by atoms with E-state index in [9.17, 15) is 4.79 Å². The molecule has 0 atom stereocenters. The molecule has 0 radical (unpaired) electrons. The Morgan fingerprint density at radius 2 is 2.04 bits per heavy atom. The van der Waals surface area contributed by atoms with E-state index in [0.717, 1.165) is 39.5 Å². The van der Waals surface area contributed by atoms with Gasteiger partial charge < -0.3 is 5.32 Å². The normalized spacial score (nSPS) is 14.2. The molecule has 0 bridgehead atoms. The first kappa shape index (κ1) is 16.5. The first-order valence-corrected chi connectivity index (χ1v) is 9.83. The van der Waals surface area contributed by atoms with Crippen molar-refractivity contribution in [1.29, 1.82) is 0 Å². The zero-order valence-corrected chi connectivity index (χ0v) is 16.2. The number of aryl methyl sites for hydroxylation is 2. The van der Waals surface area contributed by atoms with Crippen LogP contribution in [0.3, 0.4) is 0 Å². The minimum atomic E-state index is -0.0953. The Labute approximate surface area is 157 Å². The van der Waals surface area contributed by atoms with Gasteiger partial charge in [-0.15, -0.1) is 11.3 Å². The monoisotopic (exact) mass is 416 g/mol. The van der Waals surface area contributed by atoms with E-state index in [1.165, 1.54) is 21.5 Å². The minimum Gasteiger partial charge on any atom is -0.357 e. The lowest BCUT2D eigenvalue weighted by Gasteiger charge is -2.10. The number of benzene rings is 1. The van der Waals surface area contributed by atoms with Gasteiger partial charge in [-0.05, 0) is 48.9 Å². The van der Waals surface area contributed by atoms with Gasteiger partial charge in [-0.25, -0.2) is 4.98 Å². The molecule has 4 rings (SSSR count). The number of nitrogens with one attached hydrogen (secondary N) is 1. The largest absolute Gasteiger partial charge is 0.357 e. The number of hydrogen-bond acceptors (Lipinski definition) is 5. The van der Waals surface area contributed by atoms with E-state index in [2.05, 4.69) is 31.3 Å². The van der Waals surface area contributed by atoms with Crippen molar-refractivity contribution in [2.75, 3.05) is 12.4 Å². The molecule has 7 heteroatoms. The summed E-state index contributed by atoms with van der Waals surface area (Å²) in [5, 5.41) is 8.13. The lowest BCUT2D eigenvalue weighted by Crippen LogP contribution is -2.21. The van der Waals surface area contributed by atoms with Gasteiger partial charge in [0.05, 0.1) is 11.6 Å². The quantitative estimate of drug-likeness (QED) is 0.655. The Morgan fingerprint density at radius 3 is 2.80 bits per heavy atom. The van der Waals surface area contributed by atoms with Gasteiger partial charge in [0, 0.05) is 16.4 Å². The van der Waals surface area contributed by atoms with E-state index < -0.39 is 0 Å². The van der Waals surface area contributed by atoms with Crippen molar-refractivity contribution in [3.05, 3.63) is 55.1 Å². The second kappa shape index (κ2) is 6.72. The van der Waals surface area contributed by atoms with Crippen molar-refractivity contribution in [3.63, 3.8) is 0 Å². The summed E-state index contributed by atoms with van der Waals surface area (Å²) in [5.74, 6) is 0.462. The number of thiophene rings is 1. The van der Waals surface area contributed by atoms with Crippen molar-refractivity contribution < 1.29 is 0 Å². The number of hydrogen-bond donors (Lipinski definition) is 1. The van der Waals surface area contributed by atoms with Crippen molar-refractivity contribution in [2.24, 2.45) is 5.10 Å². The predicted octanol–water partition coefficient (Wildman–Crippen LogP) is 4.02. The standard InChI is InChI=1S/C18H17BrN4OS/c1-20-18-22-16-15(13-4-2-3-5-14(13)25-16)17(24)23(18)21-10-11-6-8-12(19)9-7-11/h6-10H,2-5H2,1H3,(H,20,22)/b21-10+. The average molecular weight is 417 g/mol. The smallest absolute Gasteiger partial charge is 0.284 e. The van der Waals surface area contributed by atoms with Crippen LogP contribution in [0.2, 0.25) is 0 Å². The molecule has 1 aromatic carbocycles. The number of fused-ring (bicyclic) bond motifs is 3. The fraction of sp³-hybridized carbons (Fsp3) is 0.278. The fourth-order valence-electron chi connectivity index (χ4n) is 3.14. The first-order chi connectivity index (χ1) is 12.2. The highest BCUT2D eigenvalue weighted by atomic mass is 79.9. The molecule has 1 aliphatic carbocycles. The summed E-state index contributed by atoms with van der Waals surface area (Å²) in [5.41, 5.74) is 2.01. The van der Waals surface area contributed by atoms with Gasteiger partial charge in [-0.3, -0.25) is 4.79 Å². The van der Waals surface area contributed by atoms with Gasteiger partial charge in [-0.2, -0.15) is 9.78 Å². The molecular weight excluding hydrogens is 400 g/mol. The summed E-state index contributed by atoms with van der Waals surface area (Å²) in [6.45, 7) is 0. The first-order valence-electron chi connectivity index (χ1n) is 8.22.